The van der Waals surface area contributed by atoms with E-state index in [1.54, 1.807) is 0 Å². The second-order valence-electron chi connectivity index (χ2n) is 4.78. The number of carbonyl (C=O) groups excluding carboxylic acids is 1. The first-order valence-electron chi connectivity index (χ1n) is 6.38. The topological polar surface area (TPSA) is 38.3 Å². The number of rotatable bonds is 3. The van der Waals surface area contributed by atoms with Crippen LogP contribution in [0.1, 0.15) is 26.2 Å². The molecule has 0 radical (unpaired) electrons. The van der Waals surface area contributed by atoms with Gasteiger partial charge in [-0.3, -0.25) is 5.32 Å². The lowest BCUT2D eigenvalue weighted by Gasteiger charge is -2.20. The maximum atomic E-state index is 11.6. The minimum absolute atomic E-state index is 0.368. The average molecular weight is 245 g/mol. The smallest absolute Gasteiger partial charge is 0.411 e. The highest BCUT2D eigenvalue weighted by molar-refractivity contribution is 5.84. The number of hydrogen-bond acceptors (Lipinski definition) is 2. The van der Waals surface area contributed by atoms with Gasteiger partial charge in [0.2, 0.25) is 0 Å². The van der Waals surface area contributed by atoms with Gasteiger partial charge in [-0.25, -0.2) is 4.79 Å². The molecule has 1 aromatic rings. The molecular formula is C15H19NO2. The van der Waals surface area contributed by atoms with Crippen molar-refractivity contribution in [2.75, 3.05) is 11.9 Å². The number of anilines is 1. The quantitative estimate of drug-likeness (QED) is 0.818. The van der Waals surface area contributed by atoms with Crippen LogP contribution in [0.3, 0.4) is 0 Å². The van der Waals surface area contributed by atoms with Gasteiger partial charge in [0.25, 0.3) is 0 Å². The lowest BCUT2D eigenvalue weighted by atomic mass is 9.91. The molecule has 96 valence electrons. The molecule has 1 N–H and O–H groups in total. The third kappa shape index (κ3) is 3.91. The van der Waals surface area contributed by atoms with Gasteiger partial charge < -0.3 is 4.74 Å². The Morgan fingerprint density at radius 3 is 2.83 bits per heavy atom. The van der Waals surface area contributed by atoms with E-state index in [0.717, 1.165) is 24.9 Å². The van der Waals surface area contributed by atoms with Crippen LogP contribution < -0.4 is 5.32 Å². The summed E-state index contributed by atoms with van der Waals surface area (Å²) in [5.74, 6) is 0.468. The minimum Gasteiger partial charge on any atom is -0.449 e. The first-order valence-corrected chi connectivity index (χ1v) is 6.38. The second-order valence-corrected chi connectivity index (χ2v) is 4.78. The van der Waals surface area contributed by atoms with Crippen molar-refractivity contribution in [1.29, 1.82) is 0 Å². The van der Waals surface area contributed by atoms with Gasteiger partial charge in [-0.15, -0.1) is 0 Å². The molecule has 2 rings (SSSR count). The standard InChI is InChI=1S/C15H19NO2/c1-12-7-9-13(10-8-12)11-18-15(17)16-14-5-3-2-4-6-14/h2-7,13H,8-11H2,1H3,(H,16,17)/t13-/m0/s1. The number of allylic oxidation sites excluding steroid dienone is 2. The molecule has 0 heterocycles. The lowest BCUT2D eigenvalue weighted by Crippen LogP contribution is -2.19. The number of benzene rings is 1. The van der Waals surface area contributed by atoms with E-state index in [0.29, 0.717) is 12.5 Å². The fourth-order valence-electron chi connectivity index (χ4n) is 2.04. The van der Waals surface area contributed by atoms with Gasteiger partial charge in [0, 0.05) is 5.69 Å². The van der Waals surface area contributed by atoms with Gasteiger partial charge in [0.1, 0.15) is 0 Å². The van der Waals surface area contributed by atoms with Crippen molar-refractivity contribution >= 4 is 11.8 Å². The summed E-state index contributed by atoms with van der Waals surface area (Å²) in [6.07, 6.45) is 5.12. The van der Waals surface area contributed by atoms with Crippen molar-refractivity contribution in [3.63, 3.8) is 0 Å². The maximum absolute atomic E-state index is 11.6. The highest BCUT2D eigenvalue weighted by atomic mass is 16.5. The van der Waals surface area contributed by atoms with E-state index in [9.17, 15) is 4.79 Å². The minimum atomic E-state index is -0.368. The van der Waals surface area contributed by atoms with Crippen molar-refractivity contribution in [2.24, 2.45) is 5.92 Å². The summed E-state index contributed by atoms with van der Waals surface area (Å²) < 4.78 is 5.24. The zero-order valence-electron chi connectivity index (χ0n) is 10.7. The maximum Gasteiger partial charge on any atom is 0.411 e. The average Bonchev–Trinajstić information content (AvgIpc) is 2.39. The first-order chi connectivity index (χ1) is 8.74. The highest BCUT2D eigenvalue weighted by Gasteiger charge is 2.14. The molecule has 1 amide bonds. The van der Waals surface area contributed by atoms with Crippen molar-refractivity contribution in [2.45, 2.75) is 26.2 Å². The van der Waals surface area contributed by atoms with Gasteiger partial charge in [-0.05, 0) is 44.2 Å². The van der Waals surface area contributed by atoms with Gasteiger partial charge in [0.15, 0.2) is 0 Å². The lowest BCUT2D eigenvalue weighted by molar-refractivity contribution is 0.137. The summed E-state index contributed by atoms with van der Waals surface area (Å²) in [6, 6.07) is 9.35. The van der Waals surface area contributed by atoms with Crippen molar-refractivity contribution < 1.29 is 9.53 Å². The summed E-state index contributed by atoms with van der Waals surface area (Å²) in [5.41, 5.74) is 2.21. The van der Waals surface area contributed by atoms with Crippen LogP contribution in [0.15, 0.2) is 42.0 Å². The summed E-state index contributed by atoms with van der Waals surface area (Å²) in [6.45, 7) is 2.65. The second kappa shape index (κ2) is 6.24. The fraction of sp³-hybridized carbons (Fsp3) is 0.400. The van der Waals surface area contributed by atoms with Crippen molar-refractivity contribution in [3.05, 3.63) is 42.0 Å². The van der Waals surface area contributed by atoms with Gasteiger partial charge in [0.05, 0.1) is 6.61 Å². The number of hydrogen-bond donors (Lipinski definition) is 1. The Morgan fingerprint density at radius 2 is 2.17 bits per heavy atom. The van der Waals surface area contributed by atoms with E-state index in [1.165, 1.54) is 5.57 Å². The van der Waals surface area contributed by atoms with Crippen molar-refractivity contribution in [3.8, 4) is 0 Å². The molecule has 1 aliphatic carbocycles. The van der Waals surface area contributed by atoms with Gasteiger partial charge >= 0.3 is 6.09 Å². The van der Waals surface area contributed by atoms with Crippen LogP contribution in [0.4, 0.5) is 10.5 Å². The van der Waals surface area contributed by atoms with Gasteiger partial charge in [-0.1, -0.05) is 29.8 Å². The largest absolute Gasteiger partial charge is 0.449 e. The van der Waals surface area contributed by atoms with Crippen LogP contribution in [0.2, 0.25) is 0 Å². The van der Waals surface area contributed by atoms with Crippen LogP contribution in [0, 0.1) is 5.92 Å². The molecule has 1 atom stereocenters. The van der Waals surface area contributed by atoms with Crippen LogP contribution in [0.5, 0.6) is 0 Å². The van der Waals surface area contributed by atoms with E-state index >= 15 is 0 Å². The number of ether oxygens (including phenoxy) is 1. The Labute approximate surface area is 108 Å². The molecule has 0 bridgehead atoms. The zero-order chi connectivity index (χ0) is 12.8. The predicted molar refractivity (Wildman–Crippen MR) is 72.5 cm³/mol. The summed E-state index contributed by atoms with van der Waals surface area (Å²) in [5, 5.41) is 2.71. The molecule has 0 aromatic heterocycles. The number of nitrogens with one attached hydrogen (secondary N) is 1. The summed E-state index contributed by atoms with van der Waals surface area (Å²) >= 11 is 0. The molecule has 1 aliphatic rings. The normalized spacial score (nSPS) is 18.9. The van der Waals surface area contributed by atoms with Crippen LogP contribution >= 0.6 is 0 Å². The molecule has 0 saturated carbocycles. The van der Waals surface area contributed by atoms with E-state index in [2.05, 4.69) is 18.3 Å². The Kier molecular flexibility index (Phi) is 4.40. The molecule has 0 saturated heterocycles. The van der Waals surface area contributed by atoms with E-state index in [4.69, 9.17) is 4.74 Å². The van der Waals surface area contributed by atoms with Gasteiger partial charge in [-0.2, -0.15) is 0 Å². The molecule has 3 nitrogen and oxygen atoms in total. The third-order valence-corrected chi connectivity index (χ3v) is 3.22. The van der Waals surface area contributed by atoms with Crippen LogP contribution in [0.25, 0.3) is 0 Å². The Hall–Kier alpha value is -1.77. The highest BCUT2D eigenvalue weighted by Crippen LogP contribution is 2.23. The molecule has 3 heteroatoms. The molecule has 0 fully saturated rings. The van der Waals surface area contributed by atoms with E-state index in [-0.39, 0.29) is 6.09 Å². The first kappa shape index (κ1) is 12.7. The monoisotopic (exact) mass is 245 g/mol. The fourth-order valence-corrected chi connectivity index (χ4v) is 2.04. The molecule has 0 spiro atoms. The Morgan fingerprint density at radius 1 is 1.39 bits per heavy atom. The molecule has 0 aliphatic heterocycles. The number of carbonyl (C=O) groups is 1. The Balaban J connectivity index is 1.72. The zero-order valence-corrected chi connectivity index (χ0v) is 10.7. The summed E-state index contributed by atoms with van der Waals surface area (Å²) in [4.78, 5) is 11.6. The molecule has 18 heavy (non-hydrogen) atoms. The van der Waals surface area contributed by atoms with Crippen molar-refractivity contribution in [1.82, 2.24) is 0 Å². The number of amides is 1. The molecule has 0 unspecified atom stereocenters. The van der Waals surface area contributed by atoms with Crippen LogP contribution in [-0.4, -0.2) is 12.7 Å². The summed E-state index contributed by atoms with van der Waals surface area (Å²) in [7, 11) is 0. The van der Waals surface area contributed by atoms with E-state index < -0.39 is 0 Å². The third-order valence-electron chi connectivity index (χ3n) is 3.22. The Bertz CT molecular complexity index is 425. The molecule has 1 aromatic carbocycles. The SMILES string of the molecule is CC1=CC[C@H](COC(=O)Nc2ccccc2)CC1. The van der Waals surface area contributed by atoms with Crippen LogP contribution in [-0.2, 0) is 4.74 Å². The van der Waals surface area contributed by atoms with E-state index in [1.807, 2.05) is 30.3 Å². The number of para-hydroxylation sites is 1. The predicted octanol–water partition coefficient (Wildman–Crippen LogP) is 3.98. The molecular weight excluding hydrogens is 226 g/mol.